The second-order valence-electron chi connectivity index (χ2n) is 6.52. The summed E-state index contributed by atoms with van der Waals surface area (Å²) in [6, 6.07) is 7.69. The third kappa shape index (κ3) is 4.23. The molecule has 1 heterocycles. The molecule has 3 rings (SSSR count). The molecule has 1 saturated heterocycles. The topological polar surface area (TPSA) is 66.5 Å². The van der Waals surface area contributed by atoms with Crippen molar-refractivity contribution in [2.45, 2.75) is 50.3 Å². The zero-order valence-corrected chi connectivity index (χ0v) is 14.6. The summed E-state index contributed by atoms with van der Waals surface area (Å²) in [5, 5.41) is 3.04. The number of benzene rings is 1. The second kappa shape index (κ2) is 7.92. The molecule has 1 aromatic carbocycles. The van der Waals surface area contributed by atoms with Gasteiger partial charge in [-0.15, -0.1) is 0 Å². The highest BCUT2D eigenvalue weighted by Gasteiger charge is 2.23. The van der Waals surface area contributed by atoms with Crippen molar-refractivity contribution < 1.29 is 13.8 Å². The molecule has 0 unspecified atom stereocenters. The lowest BCUT2D eigenvalue weighted by atomic mass is 10.2. The first-order chi connectivity index (χ1) is 11.6. The number of amides is 2. The Balaban J connectivity index is 1.46. The summed E-state index contributed by atoms with van der Waals surface area (Å²) in [4.78, 5) is 25.5. The molecule has 1 saturated carbocycles. The zero-order valence-electron chi connectivity index (χ0n) is 13.8. The molecule has 2 amide bonds. The Hall–Kier alpha value is -1.69. The van der Waals surface area contributed by atoms with Crippen molar-refractivity contribution in [3.05, 3.63) is 29.8 Å². The van der Waals surface area contributed by atoms with Gasteiger partial charge >= 0.3 is 0 Å². The lowest BCUT2D eigenvalue weighted by Gasteiger charge is -2.16. The van der Waals surface area contributed by atoms with Crippen LogP contribution in [0.3, 0.4) is 0 Å². The molecule has 2 aliphatic rings. The highest BCUT2D eigenvalue weighted by molar-refractivity contribution is 7.86. The molecule has 130 valence electrons. The van der Waals surface area contributed by atoms with E-state index in [1.165, 1.54) is 0 Å². The Bertz CT molecular complexity index is 624. The van der Waals surface area contributed by atoms with Crippen LogP contribution in [-0.4, -0.2) is 33.6 Å². The van der Waals surface area contributed by atoms with Crippen molar-refractivity contribution >= 4 is 28.3 Å². The van der Waals surface area contributed by atoms with E-state index in [9.17, 15) is 13.8 Å². The van der Waals surface area contributed by atoms with E-state index in [1.54, 1.807) is 4.90 Å². The van der Waals surface area contributed by atoms with Gasteiger partial charge in [-0.1, -0.05) is 25.0 Å². The van der Waals surface area contributed by atoms with Crippen molar-refractivity contribution in [1.82, 2.24) is 5.32 Å². The molecule has 0 spiro atoms. The number of hydrogen-bond donors (Lipinski definition) is 1. The number of hydrogen-bond acceptors (Lipinski definition) is 3. The molecular weight excluding hydrogens is 324 g/mol. The highest BCUT2D eigenvalue weighted by atomic mass is 32.2. The number of carbonyl (C=O) groups is 2. The Kier molecular flexibility index (Phi) is 5.66. The van der Waals surface area contributed by atoms with Crippen molar-refractivity contribution in [3.63, 3.8) is 0 Å². The summed E-state index contributed by atoms with van der Waals surface area (Å²) >= 11 is 0. The van der Waals surface area contributed by atoms with Crippen LogP contribution in [-0.2, 0) is 26.9 Å². The highest BCUT2D eigenvalue weighted by Crippen LogP contribution is 2.23. The van der Waals surface area contributed by atoms with Crippen LogP contribution in [0.4, 0.5) is 5.69 Å². The van der Waals surface area contributed by atoms with Crippen molar-refractivity contribution in [2.24, 2.45) is 0 Å². The first kappa shape index (κ1) is 17.1. The third-order valence-corrected chi connectivity index (χ3v) is 6.52. The predicted molar refractivity (Wildman–Crippen MR) is 95.1 cm³/mol. The van der Waals surface area contributed by atoms with Crippen LogP contribution in [0.25, 0.3) is 0 Å². The van der Waals surface area contributed by atoms with E-state index >= 15 is 0 Å². The molecule has 24 heavy (non-hydrogen) atoms. The second-order valence-corrected chi connectivity index (χ2v) is 8.24. The fourth-order valence-corrected chi connectivity index (χ4v) is 4.82. The SMILES string of the molecule is O=C(C[S@@](=O)C1CCCC1)NCc1ccc(N2CCCC2=O)cc1. The van der Waals surface area contributed by atoms with Gasteiger partial charge in [0.25, 0.3) is 0 Å². The standard InChI is InChI=1S/C18H24N2O3S/c21-17(13-24(23)16-4-1-2-5-16)19-12-14-7-9-15(10-8-14)20-11-3-6-18(20)22/h7-10,16H,1-6,11-13H2,(H,19,21)/t24-/m1/s1. The van der Waals surface area contributed by atoms with E-state index in [4.69, 9.17) is 0 Å². The van der Waals surface area contributed by atoms with Gasteiger partial charge in [-0.25, -0.2) is 0 Å². The summed E-state index contributed by atoms with van der Waals surface area (Å²) in [5.74, 6) is 0.120. The maximum Gasteiger partial charge on any atom is 0.232 e. The summed E-state index contributed by atoms with van der Waals surface area (Å²) < 4.78 is 12.1. The van der Waals surface area contributed by atoms with Crippen molar-refractivity contribution in [1.29, 1.82) is 0 Å². The first-order valence-corrected chi connectivity index (χ1v) is 10.0. The van der Waals surface area contributed by atoms with Gasteiger partial charge in [-0.3, -0.25) is 13.8 Å². The van der Waals surface area contributed by atoms with Gasteiger partial charge in [0.15, 0.2) is 0 Å². The fourth-order valence-electron chi connectivity index (χ4n) is 3.36. The smallest absolute Gasteiger partial charge is 0.232 e. The van der Waals surface area contributed by atoms with Gasteiger partial charge in [0.2, 0.25) is 11.8 Å². The van der Waals surface area contributed by atoms with E-state index in [0.29, 0.717) is 13.0 Å². The number of anilines is 1. The van der Waals surface area contributed by atoms with Gasteiger partial charge in [0.1, 0.15) is 5.75 Å². The Morgan fingerprint density at radius 3 is 2.50 bits per heavy atom. The largest absolute Gasteiger partial charge is 0.351 e. The van der Waals surface area contributed by atoms with Crippen LogP contribution in [0.5, 0.6) is 0 Å². The summed E-state index contributed by atoms with van der Waals surface area (Å²) in [5.41, 5.74) is 1.89. The minimum atomic E-state index is -1.05. The number of nitrogens with one attached hydrogen (secondary N) is 1. The van der Waals surface area contributed by atoms with Crippen molar-refractivity contribution in [2.75, 3.05) is 17.2 Å². The van der Waals surface area contributed by atoms with E-state index < -0.39 is 10.8 Å². The van der Waals surface area contributed by atoms with Gasteiger partial charge in [-0.2, -0.15) is 0 Å². The molecule has 1 N–H and O–H groups in total. The lowest BCUT2D eigenvalue weighted by Crippen LogP contribution is -2.30. The van der Waals surface area contributed by atoms with E-state index in [2.05, 4.69) is 5.32 Å². The van der Waals surface area contributed by atoms with Crippen LogP contribution in [0.1, 0.15) is 44.1 Å². The Morgan fingerprint density at radius 1 is 1.17 bits per heavy atom. The minimum Gasteiger partial charge on any atom is -0.351 e. The van der Waals surface area contributed by atoms with Crippen molar-refractivity contribution in [3.8, 4) is 0 Å². The Labute approximate surface area is 145 Å². The van der Waals surface area contributed by atoms with E-state index in [-0.39, 0.29) is 22.8 Å². The molecule has 1 aliphatic carbocycles. The molecular formula is C18H24N2O3S. The van der Waals surface area contributed by atoms with E-state index in [1.807, 2.05) is 24.3 Å². The molecule has 1 aliphatic heterocycles. The molecule has 0 bridgehead atoms. The van der Waals surface area contributed by atoms with Crippen LogP contribution < -0.4 is 10.2 Å². The number of nitrogens with zero attached hydrogens (tertiary/aromatic N) is 1. The molecule has 1 aromatic rings. The zero-order chi connectivity index (χ0) is 16.9. The summed E-state index contributed by atoms with van der Waals surface area (Å²) in [6.07, 6.45) is 5.76. The summed E-state index contributed by atoms with van der Waals surface area (Å²) in [6.45, 7) is 1.21. The van der Waals surface area contributed by atoms with Gasteiger partial charge in [0.05, 0.1) is 0 Å². The fraction of sp³-hybridized carbons (Fsp3) is 0.556. The van der Waals surface area contributed by atoms with E-state index in [0.717, 1.165) is 49.9 Å². The maximum atomic E-state index is 12.1. The monoisotopic (exact) mass is 348 g/mol. The lowest BCUT2D eigenvalue weighted by molar-refractivity contribution is -0.119. The molecule has 5 nitrogen and oxygen atoms in total. The third-order valence-electron chi connectivity index (χ3n) is 4.76. The predicted octanol–water partition coefficient (Wildman–Crippen LogP) is 2.12. The minimum absolute atomic E-state index is 0.102. The van der Waals surface area contributed by atoms with Gasteiger partial charge < -0.3 is 10.2 Å². The van der Waals surface area contributed by atoms with Crippen LogP contribution in [0.15, 0.2) is 24.3 Å². The molecule has 0 aromatic heterocycles. The average molecular weight is 348 g/mol. The maximum absolute atomic E-state index is 12.1. The van der Waals surface area contributed by atoms with Gasteiger partial charge in [-0.05, 0) is 37.0 Å². The Morgan fingerprint density at radius 2 is 1.88 bits per heavy atom. The molecule has 2 fully saturated rings. The number of rotatable bonds is 6. The molecule has 6 heteroatoms. The summed E-state index contributed by atoms with van der Waals surface area (Å²) in [7, 11) is -1.05. The van der Waals surface area contributed by atoms with Crippen LogP contribution >= 0.6 is 0 Å². The normalized spacial score (nSPS) is 19.7. The van der Waals surface area contributed by atoms with Gasteiger partial charge in [0, 0.05) is 41.2 Å². The molecule has 0 radical (unpaired) electrons. The first-order valence-electron chi connectivity index (χ1n) is 8.66. The molecule has 1 atom stereocenters. The van der Waals surface area contributed by atoms with Crippen LogP contribution in [0, 0.1) is 0 Å². The number of carbonyl (C=O) groups excluding carboxylic acids is 2. The average Bonchev–Trinajstić information content (AvgIpc) is 3.25. The van der Waals surface area contributed by atoms with Crippen LogP contribution in [0.2, 0.25) is 0 Å². The quantitative estimate of drug-likeness (QED) is 0.856.